The van der Waals surface area contributed by atoms with Crippen molar-refractivity contribution >= 4 is 12.0 Å². The van der Waals surface area contributed by atoms with E-state index in [0.29, 0.717) is 52.2 Å². The van der Waals surface area contributed by atoms with Gasteiger partial charge in [-0.3, -0.25) is 4.79 Å². The molecule has 0 radical (unpaired) electrons. The summed E-state index contributed by atoms with van der Waals surface area (Å²) in [4.78, 5) is 27.3. The highest BCUT2D eigenvalue weighted by Gasteiger charge is 2.24. The van der Waals surface area contributed by atoms with Gasteiger partial charge in [-0.15, -0.1) is 0 Å². The van der Waals surface area contributed by atoms with Crippen LogP contribution in [0.4, 0.5) is 4.79 Å². The van der Waals surface area contributed by atoms with Crippen LogP contribution in [0.3, 0.4) is 0 Å². The van der Waals surface area contributed by atoms with Crippen LogP contribution in [0.2, 0.25) is 0 Å². The minimum atomic E-state index is -0.295. The summed E-state index contributed by atoms with van der Waals surface area (Å²) in [6.45, 7) is 6.90. The van der Waals surface area contributed by atoms with Crippen LogP contribution in [-0.4, -0.2) is 61.2 Å². The number of amides is 2. The van der Waals surface area contributed by atoms with Crippen molar-refractivity contribution in [2.24, 2.45) is 0 Å². The fraction of sp³-hybridized carbons (Fsp3) is 0.556. The summed E-state index contributed by atoms with van der Waals surface area (Å²) in [7, 11) is 0. The van der Waals surface area contributed by atoms with Gasteiger partial charge in [-0.1, -0.05) is 12.1 Å². The van der Waals surface area contributed by atoms with Crippen LogP contribution in [0, 0.1) is 6.92 Å². The van der Waals surface area contributed by atoms with Crippen molar-refractivity contribution in [1.82, 2.24) is 9.80 Å². The number of aryl methyl sites for hydroxylation is 1. The Bertz CT molecular complexity index is 554. The van der Waals surface area contributed by atoms with Crippen molar-refractivity contribution < 1.29 is 19.1 Å². The van der Waals surface area contributed by atoms with E-state index < -0.39 is 0 Å². The van der Waals surface area contributed by atoms with Gasteiger partial charge in [0, 0.05) is 32.6 Å². The number of carbonyl (C=O) groups excluding carboxylic acids is 2. The van der Waals surface area contributed by atoms with E-state index in [0.717, 1.165) is 11.3 Å². The van der Waals surface area contributed by atoms with Crippen molar-refractivity contribution in [1.29, 1.82) is 0 Å². The van der Waals surface area contributed by atoms with Gasteiger partial charge in [0.2, 0.25) is 5.91 Å². The van der Waals surface area contributed by atoms with Crippen molar-refractivity contribution in [2.75, 3.05) is 39.4 Å². The van der Waals surface area contributed by atoms with E-state index in [1.165, 1.54) is 0 Å². The van der Waals surface area contributed by atoms with Crippen LogP contribution >= 0.6 is 0 Å². The summed E-state index contributed by atoms with van der Waals surface area (Å²) in [5.74, 6) is 0.955. The van der Waals surface area contributed by atoms with Gasteiger partial charge in [-0.25, -0.2) is 4.79 Å². The lowest BCUT2D eigenvalue weighted by molar-refractivity contribution is -0.133. The van der Waals surface area contributed by atoms with Gasteiger partial charge in [0.25, 0.3) is 0 Å². The fourth-order valence-electron chi connectivity index (χ4n) is 2.63. The zero-order chi connectivity index (χ0) is 17.4. The molecule has 0 unspecified atom stereocenters. The Hall–Kier alpha value is -2.24. The van der Waals surface area contributed by atoms with Gasteiger partial charge in [0.1, 0.15) is 5.75 Å². The number of hydrogen-bond acceptors (Lipinski definition) is 4. The van der Waals surface area contributed by atoms with Gasteiger partial charge in [-0.05, 0) is 38.0 Å². The molecule has 6 nitrogen and oxygen atoms in total. The summed E-state index contributed by atoms with van der Waals surface area (Å²) in [6.07, 6.45) is 0.854. The van der Waals surface area contributed by atoms with E-state index in [9.17, 15) is 9.59 Å². The van der Waals surface area contributed by atoms with Crippen molar-refractivity contribution in [3.63, 3.8) is 0 Å². The molecule has 24 heavy (non-hydrogen) atoms. The van der Waals surface area contributed by atoms with Crippen molar-refractivity contribution in [3.8, 4) is 5.75 Å². The lowest BCUT2D eigenvalue weighted by atomic mass is 10.2. The van der Waals surface area contributed by atoms with Gasteiger partial charge >= 0.3 is 6.09 Å². The first-order chi connectivity index (χ1) is 11.6. The highest BCUT2D eigenvalue weighted by Crippen LogP contribution is 2.13. The quantitative estimate of drug-likeness (QED) is 0.750. The molecule has 1 aromatic carbocycles. The van der Waals surface area contributed by atoms with Gasteiger partial charge in [0.05, 0.1) is 13.2 Å². The molecule has 2 amide bonds. The number of piperazine rings is 1. The minimum absolute atomic E-state index is 0.117. The standard InChI is InChI=1S/C18H26N2O4/c1-3-23-18(22)20-11-9-19(10-12-20)17(21)8-5-13-24-16-7-4-6-15(2)14-16/h4,6-7,14H,3,5,8-13H2,1-2H3. The van der Waals surface area contributed by atoms with Crippen LogP contribution in [0.15, 0.2) is 24.3 Å². The van der Waals surface area contributed by atoms with Crippen LogP contribution < -0.4 is 4.74 Å². The Balaban J connectivity index is 1.64. The van der Waals surface area contributed by atoms with Crippen molar-refractivity contribution in [2.45, 2.75) is 26.7 Å². The second kappa shape index (κ2) is 9.15. The Kier molecular flexibility index (Phi) is 6.90. The first kappa shape index (κ1) is 18.1. The highest BCUT2D eigenvalue weighted by atomic mass is 16.6. The maximum atomic E-state index is 12.2. The largest absolute Gasteiger partial charge is 0.494 e. The maximum Gasteiger partial charge on any atom is 0.409 e. The molecule has 1 aromatic rings. The molecule has 0 spiro atoms. The lowest BCUT2D eigenvalue weighted by Crippen LogP contribution is -2.50. The Labute approximate surface area is 143 Å². The Morgan fingerprint density at radius 3 is 2.50 bits per heavy atom. The minimum Gasteiger partial charge on any atom is -0.494 e. The Morgan fingerprint density at radius 1 is 1.12 bits per heavy atom. The number of ether oxygens (including phenoxy) is 2. The molecular formula is C18H26N2O4. The van der Waals surface area contributed by atoms with Crippen molar-refractivity contribution in [3.05, 3.63) is 29.8 Å². The molecule has 6 heteroatoms. The first-order valence-electron chi connectivity index (χ1n) is 8.49. The molecule has 1 aliphatic rings. The van der Waals surface area contributed by atoms with E-state index in [1.54, 1.807) is 11.8 Å². The molecule has 1 heterocycles. The zero-order valence-corrected chi connectivity index (χ0v) is 14.5. The summed E-state index contributed by atoms with van der Waals surface area (Å²) in [6, 6.07) is 7.88. The third-order valence-corrected chi connectivity index (χ3v) is 3.95. The third kappa shape index (κ3) is 5.44. The second-order valence-corrected chi connectivity index (χ2v) is 5.84. The summed E-state index contributed by atoms with van der Waals surface area (Å²) in [5.41, 5.74) is 1.16. The first-order valence-corrected chi connectivity index (χ1v) is 8.49. The van der Waals surface area contributed by atoms with E-state index in [2.05, 4.69) is 0 Å². The molecule has 0 N–H and O–H groups in total. The topological polar surface area (TPSA) is 59.1 Å². The van der Waals surface area contributed by atoms with Gasteiger partial charge < -0.3 is 19.3 Å². The molecule has 0 saturated carbocycles. The van der Waals surface area contributed by atoms with E-state index >= 15 is 0 Å². The molecule has 132 valence electrons. The third-order valence-electron chi connectivity index (χ3n) is 3.95. The highest BCUT2D eigenvalue weighted by molar-refractivity contribution is 5.76. The van der Waals surface area contributed by atoms with E-state index in [4.69, 9.17) is 9.47 Å². The van der Waals surface area contributed by atoms with E-state index in [-0.39, 0.29) is 12.0 Å². The van der Waals surface area contributed by atoms with Gasteiger partial charge in [-0.2, -0.15) is 0 Å². The smallest absolute Gasteiger partial charge is 0.409 e. The van der Waals surface area contributed by atoms with E-state index in [1.807, 2.05) is 36.1 Å². The molecule has 2 rings (SSSR count). The van der Waals surface area contributed by atoms with Crippen LogP contribution in [0.1, 0.15) is 25.3 Å². The fourth-order valence-corrected chi connectivity index (χ4v) is 2.63. The molecule has 1 aliphatic heterocycles. The molecule has 0 aliphatic carbocycles. The molecular weight excluding hydrogens is 308 g/mol. The molecule has 0 aromatic heterocycles. The average Bonchev–Trinajstić information content (AvgIpc) is 2.59. The average molecular weight is 334 g/mol. The molecule has 0 atom stereocenters. The summed E-state index contributed by atoms with van der Waals surface area (Å²) < 4.78 is 10.6. The maximum absolute atomic E-state index is 12.2. The van der Waals surface area contributed by atoms with Crippen LogP contribution in [0.25, 0.3) is 0 Å². The number of hydrogen-bond donors (Lipinski definition) is 0. The Morgan fingerprint density at radius 2 is 1.83 bits per heavy atom. The normalized spacial score (nSPS) is 14.4. The van der Waals surface area contributed by atoms with Gasteiger partial charge in [0.15, 0.2) is 0 Å². The summed E-state index contributed by atoms with van der Waals surface area (Å²) >= 11 is 0. The lowest BCUT2D eigenvalue weighted by Gasteiger charge is -2.34. The number of benzene rings is 1. The summed E-state index contributed by atoms with van der Waals surface area (Å²) in [5, 5.41) is 0. The number of nitrogens with zero attached hydrogens (tertiary/aromatic N) is 2. The monoisotopic (exact) mass is 334 g/mol. The molecule has 1 fully saturated rings. The predicted octanol–water partition coefficient (Wildman–Crippen LogP) is 2.45. The predicted molar refractivity (Wildman–Crippen MR) is 91.1 cm³/mol. The van der Waals surface area contributed by atoms with Crippen LogP contribution in [0.5, 0.6) is 5.75 Å². The van der Waals surface area contributed by atoms with Crippen LogP contribution in [-0.2, 0) is 9.53 Å². The number of carbonyl (C=O) groups is 2. The molecule has 0 bridgehead atoms. The second-order valence-electron chi connectivity index (χ2n) is 5.84. The zero-order valence-electron chi connectivity index (χ0n) is 14.5. The molecule has 1 saturated heterocycles. The number of rotatable bonds is 6. The SMILES string of the molecule is CCOC(=O)N1CCN(C(=O)CCCOc2cccc(C)c2)CC1.